The number of hydrogen-bond acceptors (Lipinski definition) is 5. The van der Waals surface area contributed by atoms with E-state index in [-0.39, 0.29) is 6.04 Å². The van der Waals surface area contributed by atoms with Crippen molar-refractivity contribution in [3.05, 3.63) is 21.1 Å². The molecule has 2 aromatic heterocycles. The molecule has 0 aliphatic carbocycles. The Labute approximate surface area is 138 Å². The van der Waals surface area contributed by atoms with E-state index >= 15 is 0 Å². The van der Waals surface area contributed by atoms with Crippen molar-refractivity contribution < 1.29 is 9.90 Å². The molecule has 1 aliphatic heterocycles. The largest absolute Gasteiger partial charge is 0.465 e. The highest BCUT2D eigenvalue weighted by Gasteiger charge is 2.26. The van der Waals surface area contributed by atoms with Gasteiger partial charge in [-0.05, 0) is 29.0 Å². The van der Waals surface area contributed by atoms with E-state index < -0.39 is 6.09 Å². The summed E-state index contributed by atoms with van der Waals surface area (Å²) in [6, 6.07) is 0.0218. The van der Waals surface area contributed by atoms with Crippen LogP contribution in [-0.4, -0.2) is 50.2 Å². The summed E-state index contributed by atoms with van der Waals surface area (Å²) in [5, 5.41) is 13.2. The summed E-state index contributed by atoms with van der Waals surface area (Å²) >= 11 is 8.16. The highest BCUT2D eigenvalue weighted by molar-refractivity contribution is 14.1. The number of carbonyl (C=O) groups is 1. The van der Waals surface area contributed by atoms with Crippen LogP contribution in [0.15, 0.2) is 12.4 Å². The lowest BCUT2D eigenvalue weighted by atomic mass is 10.3. The van der Waals surface area contributed by atoms with E-state index in [9.17, 15) is 4.79 Å². The lowest BCUT2D eigenvalue weighted by Gasteiger charge is -2.14. The molecule has 2 aromatic rings. The second-order valence-electron chi connectivity index (χ2n) is 4.71. The third-order valence-corrected chi connectivity index (χ3v) is 4.41. The van der Waals surface area contributed by atoms with Gasteiger partial charge in [0.15, 0.2) is 0 Å². The average Bonchev–Trinajstić information content (AvgIpc) is 2.92. The molecule has 1 saturated heterocycles. The van der Waals surface area contributed by atoms with Crippen molar-refractivity contribution in [3.63, 3.8) is 0 Å². The van der Waals surface area contributed by atoms with Crippen LogP contribution in [0, 0.1) is 3.57 Å². The molecular formula is C12H11ClIN5O2. The Balaban J connectivity index is 1.82. The molecule has 1 aliphatic rings. The highest BCUT2D eigenvalue weighted by Crippen LogP contribution is 2.24. The van der Waals surface area contributed by atoms with E-state index in [1.54, 1.807) is 12.4 Å². The maximum Gasteiger partial charge on any atom is 0.407 e. The number of hydrogen-bond donors (Lipinski definition) is 2. The molecular weight excluding hydrogens is 409 g/mol. The van der Waals surface area contributed by atoms with E-state index in [1.165, 1.54) is 4.90 Å². The van der Waals surface area contributed by atoms with Gasteiger partial charge in [-0.3, -0.25) is 0 Å². The Morgan fingerprint density at radius 2 is 2.29 bits per heavy atom. The van der Waals surface area contributed by atoms with Crippen LogP contribution in [0.5, 0.6) is 0 Å². The van der Waals surface area contributed by atoms with Crippen LogP contribution >= 0.6 is 34.2 Å². The van der Waals surface area contributed by atoms with Crippen molar-refractivity contribution >= 4 is 57.1 Å². The number of amides is 1. The first kappa shape index (κ1) is 14.5. The van der Waals surface area contributed by atoms with Crippen LogP contribution in [0.2, 0.25) is 5.15 Å². The Morgan fingerprint density at radius 1 is 1.48 bits per heavy atom. The lowest BCUT2D eigenvalue weighted by Crippen LogP contribution is -2.30. The number of halogens is 2. The maximum atomic E-state index is 10.9. The minimum atomic E-state index is -0.897. The Kier molecular flexibility index (Phi) is 3.98. The third kappa shape index (κ3) is 2.95. The van der Waals surface area contributed by atoms with E-state index in [0.717, 1.165) is 15.5 Å². The molecule has 0 radical (unpaired) electrons. The van der Waals surface area contributed by atoms with Gasteiger partial charge in [0.25, 0.3) is 0 Å². The number of carboxylic acid groups (broad SMARTS) is 1. The zero-order chi connectivity index (χ0) is 15.0. The first-order valence-corrected chi connectivity index (χ1v) is 7.71. The number of rotatable bonds is 2. The molecule has 1 unspecified atom stereocenters. The van der Waals surface area contributed by atoms with Crippen LogP contribution in [0.25, 0.3) is 10.9 Å². The van der Waals surface area contributed by atoms with Gasteiger partial charge in [-0.1, -0.05) is 11.6 Å². The fourth-order valence-corrected chi connectivity index (χ4v) is 3.00. The minimum absolute atomic E-state index is 0.0218. The normalized spacial score (nSPS) is 18.2. The molecule has 1 atom stereocenters. The molecule has 3 rings (SSSR count). The maximum absolute atomic E-state index is 10.9. The summed E-state index contributed by atoms with van der Waals surface area (Å²) in [5.74, 6) is 0.472. The van der Waals surface area contributed by atoms with Gasteiger partial charge in [0.2, 0.25) is 5.95 Å². The zero-order valence-corrected chi connectivity index (χ0v) is 13.7. The second kappa shape index (κ2) is 5.76. The van der Waals surface area contributed by atoms with Crippen molar-refractivity contribution in [3.8, 4) is 0 Å². The zero-order valence-electron chi connectivity index (χ0n) is 10.8. The van der Waals surface area contributed by atoms with Gasteiger partial charge < -0.3 is 15.3 Å². The number of aromatic nitrogens is 3. The molecule has 110 valence electrons. The summed E-state index contributed by atoms with van der Waals surface area (Å²) in [6.07, 6.45) is 3.13. The van der Waals surface area contributed by atoms with E-state index in [0.29, 0.717) is 29.6 Å². The number of pyridine rings is 1. The molecule has 0 bridgehead atoms. The van der Waals surface area contributed by atoms with Crippen LogP contribution in [-0.2, 0) is 0 Å². The minimum Gasteiger partial charge on any atom is -0.465 e. The molecule has 3 heterocycles. The smallest absolute Gasteiger partial charge is 0.407 e. The average molecular weight is 420 g/mol. The number of anilines is 1. The second-order valence-corrected chi connectivity index (χ2v) is 6.23. The molecule has 9 heteroatoms. The summed E-state index contributed by atoms with van der Waals surface area (Å²) in [6.45, 7) is 0.957. The third-order valence-electron chi connectivity index (χ3n) is 3.32. The van der Waals surface area contributed by atoms with E-state index in [1.807, 2.05) is 0 Å². The van der Waals surface area contributed by atoms with Gasteiger partial charge in [0.05, 0.1) is 14.5 Å². The van der Waals surface area contributed by atoms with Crippen LogP contribution in [0.1, 0.15) is 6.42 Å². The van der Waals surface area contributed by atoms with Gasteiger partial charge in [0.1, 0.15) is 5.15 Å². The van der Waals surface area contributed by atoms with E-state index in [4.69, 9.17) is 16.7 Å². The fourth-order valence-electron chi connectivity index (χ4n) is 2.26. The highest BCUT2D eigenvalue weighted by atomic mass is 127. The Bertz CT molecular complexity index is 713. The van der Waals surface area contributed by atoms with Crippen molar-refractivity contribution in [2.75, 3.05) is 18.4 Å². The predicted molar refractivity (Wildman–Crippen MR) is 86.7 cm³/mol. The monoisotopic (exact) mass is 419 g/mol. The first-order chi connectivity index (χ1) is 10.0. The van der Waals surface area contributed by atoms with Gasteiger partial charge in [0, 0.05) is 31.5 Å². The number of nitrogens with zero attached hydrogens (tertiary/aromatic N) is 4. The van der Waals surface area contributed by atoms with Gasteiger partial charge in [-0.15, -0.1) is 0 Å². The molecule has 2 N–H and O–H groups in total. The lowest BCUT2D eigenvalue weighted by molar-refractivity contribution is 0.155. The van der Waals surface area contributed by atoms with Gasteiger partial charge in [-0.2, -0.15) is 0 Å². The molecule has 1 amide bonds. The molecule has 7 nitrogen and oxygen atoms in total. The molecule has 21 heavy (non-hydrogen) atoms. The number of nitrogens with one attached hydrogen (secondary N) is 1. The standard InChI is InChI=1S/C12H11ClIN5O2/c13-10-7-3-16-11(18-9(7)8(14)4-15-10)17-6-1-2-19(5-6)12(20)21/h3-4,6H,1-2,5H2,(H,20,21)(H,16,17,18). The summed E-state index contributed by atoms with van der Waals surface area (Å²) < 4.78 is 0.885. The SMILES string of the molecule is O=C(O)N1CCC(Nc2ncc3c(Cl)ncc(I)c3n2)C1. The van der Waals surface area contributed by atoms with Crippen LogP contribution in [0.4, 0.5) is 10.7 Å². The Hall–Kier alpha value is -1.42. The fraction of sp³-hybridized carbons (Fsp3) is 0.333. The van der Waals surface area contributed by atoms with Crippen LogP contribution in [0.3, 0.4) is 0 Å². The van der Waals surface area contributed by atoms with Gasteiger partial charge in [-0.25, -0.2) is 19.7 Å². The molecule has 0 spiro atoms. The van der Waals surface area contributed by atoms with Crippen molar-refractivity contribution in [2.45, 2.75) is 12.5 Å². The van der Waals surface area contributed by atoms with Gasteiger partial charge >= 0.3 is 6.09 Å². The molecule has 0 saturated carbocycles. The predicted octanol–water partition coefficient (Wildman–Crippen LogP) is 2.45. The van der Waals surface area contributed by atoms with Crippen molar-refractivity contribution in [1.82, 2.24) is 19.9 Å². The summed E-state index contributed by atoms with van der Waals surface area (Å²) in [5.41, 5.74) is 0.737. The number of fused-ring (bicyclic) bond motifs is 1. The van der Waals surface area contributed by atoms with Crippen molar-refractivity contribution in [1.29, 1.82) is 0 Å². The summed E-state index contributed by atoms with van der Waals surface area (Å²) in [7, 11) is 0. The number of likely N-dealkylation sites (tertiary alicyclic amines) is 1. The topological polar surface area (TPSA) is 91.2 Å². The molecule has 1 fully saturated rings. The quantitative estimate of drug-likeness (QED) is 0.574. The first-order valence-electron chi connectivity index (χ1n) is 6.26. The van der Waals surface area contributed by atoms with E-state index in [2.05, 4.69) is 42.9 Å². The Morgan fingerprint density at radius 3 is 3.00 bits per heavy atom. The van der Waals surface area contributed by atoms with Crippen LogP contribution < -0.4 is 5.32 Å². The van der Waals surface area contributed by atoms with Crippen molar-refractivity contribution in [2.24, 2.45) is 0 Å². The summed E-state index contributed by atoms with van der Waals surface area (Å²) in [4.78, 5) is 25.0. The molecule has 0 aromatic carbocycles.